The summed E-state index contributed by atoms with van der Waals surface area (Å²) in [6.07, 6.45) is 0. The van der Waals surface area contributed by atoms with Gasteiger partial charge in [0, 0.05) is 32.9 Å². The molecule has 0 atom stereocenters. The van der Waals surface area contributed by atoms with Gasteiger partial charge in [0.25, 0.3) is 0 Å². The van der Waals surface area contributed by atoms with E-state index in [0.29, 0.717) is 4.90 Å². The third-order valence-corrected chi connectivity index (χ3v) is 7.84. The SMILES string of the molecule is [2H]c1cc(-c2c([2H])c([2H])c(N(c3c([2H])c([2H])c4oc5cc(-c6c([2H])cc([2H])c([2H])c6[2H])c6c([2H])c([2H])c([2H])c([2H])c6c5c4c3[2H])c3c([2H])c([2H])c([2H])c4c3oc3c([2H])c([2H])cc([2H])c34)c([2H])c2[2H])c([2H])c([2H])c1[2H]. The first-order valence-electron chi connectivity index (χ1n) is 27.0. The molecule has 49 heavy (non-hydrogen) atoms. The molecule has 0 aliphatic rings. The molecule has 8 aromatic carbocycles. The molecule has 0 spiro atoms. The molecule has 0 aliphatic carbocycles. The number of nitrogens with zero attached hydrogens (tertiary/aromatic N) is 1. The lowest BCUT2D eigenvalue weighted by atomic mass is 9.95. The number of hydrogen-bond donors (Lipinski definition) is 0. The topological polar surface area (TPSA) is 29.5 Å². The van der Waals surface area contributed by atoms with Gasteiger partial charge < -0.3 is 13.7 Å². The van der Waals surface area contributed by atoms with Crippen molar-refractivity contribution in [3.8, 4) is 22.3 Å². The summed E-state index contributed by atoms with van der Waals surface area (Å²) in [6.45, 7) is 0. The van der Waals surface area contributed by atoms with Gasteiger partial charge in [-0.05, 0) is 81.4 Å². The first-order valence-corrected chi connectivity index (χ1v) is 14.5. The van der Waals surface area contributed by atoms with Gasteiger partial charge in [0.15, 0.2) is 5.58 Å². The van der Waals surface area contributed by atoms with Crippen LogP contribution in [0.25, 0.3) is 76.9 Å². The molecule has 2 heterocycles. The fraction of sp³-hybridized carbons (Fsp3) is 0. The van der Waals surface area contributed by atoms with Crippen LogP contribution < -0.4 is 4.90 Å². The van der Waals surface area contributed by atoms with Crippen molar-refractivity contribution in [2.24, 2.45) is 0 Å². The van der Waals surface area contributed by atoms with Crippen molar-refractivity contribution in [1.82, 2.24) is 0 Å². The van der Waals surface area contributed by atoms with Crippen LogP contribution in [0.15, 0.2) is 184 Å². The van der Waals surface area contributed by atoms with Crippen LogP contribution >= 0.6 is 0 Å². The molecule has 0 radical (unpaired) electrons. The van der Waals surface area contributed by atoms with Crippen molar-refractivity contribution in [2.75, 3.05) is 4.90 Å². The first kappa shape index (κ1) is 12.5. The van der Waals surface area contributed by atoms with Crippen molar-refractivity contribution >= 4 is 71.7 Å². The summed E-state index contributed by atoms with van der Waals surface area (Å²) < 4.78 is 236. The molecule has 0 aliphatic heterocycles. The zero-order chi connectivity index (χ0) is 54.1. The lowest BCUT2D eigenvalue weighted by molar-refractivity contribution is 0.669. The summed E-state index contributed by atoms with van der Waals surface area (Å²) in [4.78, 5) is 0.605. The number of hydrogen-bond acceptors (Lipinski definition) is 3. The van der Waals surface area contributed by atoms with Crippen molar-refractivity contribution in [3.63, 3.8) is 0 Å². The number of benzene rings is 8. The van der Waals surface area contributed by atoms with Gasteiger partial charge in [0.2, 0.25) is 0 Å². The van der Waals surface area contributed by atoms with Crippen LogP contribution in [0.4, 0.5) is 17.1 Å². The van der Waals surface area contributed by atoms with E-state index in [2.05, 4.69) is 0 Å². The zero-order valence-electron chi connectivity index (χ0n) is 49.6. The van der Waals surface area contributed by atoms with E-state index in [1.165, 1.54) is 0 Å². The summed E-state index contributed by atoms with van der Waals surface area (Å²) in [6, 6.07) is -15.4. The second kappa shape index (κ2) is 11.0. The molecule has 0 saturated carbocycles. The highest BCUT2D eigenvalue weighted by atomic mass is 16.3. The molecule has 0 N–H and O–H groups in total. The Hall–Kier alpha value is -6.58. The highest BCUT2D eigenvalue weighted by Gasteiger charge is 2.22. The lowest BCUT2D eigenvalue weighted by Gasteiger charge is -2.26. The van der Waals surface area contributed by atoms with Gasteiger partial charge in [0.05, 0.1) is 40.0 Å². The Balaban J connectivity index is 1.44. The molecule has 0 bridgehead atoms. The fourth-order valence-electron chi connectivity index (χ4n) is 5.73. The lowest BCUT2D eigenvalue weighted by Crippen LogP contribution is -2.10. The van der Waals surface area contributed by atoms with Crippen molar-refractivity contribution in [1.29, 1.82) is 0 Å². The Bertz CT molecular complexity index is 4250. The maximum Gasteiger partial charge on any atom is 0.159 e. The monoisotopic (exact) mass is 652 g/mol. The molecule has 0 fully saturated rings. The van der Waals surface area contributed by atoms with E-state index in [0.717, 1.165) is 24.3 Å². The molecule has 10 rings (SSSR count). The number of furan rings is 2. The average Bonchev–Trinajstić information content (AvgIpc) is 3.95. The Morgan fingerprint density at radius 1 is 0.449 bits per heavy atom. The smallest absolute Gasteiger partial charge is 0.159 e. The molecule has 0 saturated heterocycles. The predicted molar refractivity (Wildman–Crippen MR) is 204 cm³/mol. The molecule has 10 aromatic rings. The Kier molecular flexibility index (Phi) is 2.80. The quantitative estimate of drug-likeness (QED) is 0.185. The van der Waals surface area contributed by atoms with Crippen LogP contribution in [-0.4, -0.2) is 0 Å². The molecule has 3 heteroatoms. The molecule has 3 nitrogen and oxygen atoms in total. The van der Waals surface area contributed by atoms with E-state index < -0.39 is 212 Å². The Labute approximate surface area is 318 Å². The van der Waals surface area contributed by atoms with Gasteiger partial charge in [-0.15, -0.1) is 0 Å². The van der Waals surface area contributed by atoms with E-state index in [1.807, 2.05) is 0 Å². The van der Waals surface area contributed by atoms with Crippen LogP contribution in [-0.2, 0) is 0 Å². The van der Waals surface area contributed by atoms with Crippen molar-refractivity contribution in [2.45, 2.75) is 0 Å². The normalized spacial score (nSPS) is 18.8. The van der Waals surface area contributed by atoms with Crippen LogP contribution in [0.5, 0.6) is 0 Å². The van der Waals surface area contributed by atoms with E-state index in [1.54, 1.807) is 0 Å². The molecule has 0 amide bonds. The maximum atomic E-state index is 10.1. The van der Waals surface area contributed by atoms with Gasteiger partial charge in [0.1, 0.15) is 16.7 Å². The molecule has 230 valence electrons. The van der Waals surface area contributed by atoms with Gasteiger partial charge in [-0.2, -0.15) is 0 Å². The van der Waals surface area contributed by atoms with Crippen LogP contribution in [0.1, 0.15) is 34.3 Å². The molecular weight excluding hydrogens is 599 g/mol. The second-order valence-corrected chi connectivity index (χ2v) is 10.6. The average molecular weight is 653 g/mol. The molecular formula is C46H29NO2. The fourth-order valence-corrected chi connectivity index (χ4v) is 5.73. The van der Waals surface area contributed by atoms with Crippen LogP contribution in [0.2, 0.25) is 0 Å². The van der Waals surface area contributed by atoms with Gasteiger partial charge in [-0.1, -0.05) is 127 Å². The number of anilines is 3. The number of para-hydroxylation sites is 2. The number of fused-ring (bicyclic) bond motifs is 8. The predicted octanol–water partition coefficient (Wildman–Crippen LogP) is 13.4. The van der Waals surface area contributed by atoms with Crippen LogP contribution in [0, 0.1) is 0 Å². The van der Waals surface area contributed by atoms with Crippen LogP contribution in [0.3, 0.4) is 0 Å². The van der Waals surface area contributed by atoms with E-state index >= 15 is 0 Å². The minimum absolute atomic E-state index is 0.247. The van der Waals surface area contributed by atoms with E-state index in [4.69, 9.17) is 30.8 Å². The standard InChI is InChI=1S/C46H29NO2/c1-3-12-30(13-4-1)31-22-24-33(25-23-31)47(41-20-11-19-38-36-17-9-10-21-42(36)49-46(38)41)34-26-27-43-40(28-34)45-37-18-8-7-16-35(37)39(29-44(45)48-43)32-14-5-2-6-15-32/h1-29H/i1D,2D,3D,4D,5D,7D,8D,10D,11D,12D,14D,15D,16D,17D,18D,19D,20D,21D,22D,23D,24D,25D,26D,27D,28D. The summed E-state index contributed by atoms with van der Waals surface area (Å²) in [7, 11) is 0. The maximum absolute atomic E-state index is 10.1. The Morgan fingerprint density at radius 3 is 2.16 bits per heavy atom. The molecule has 2 aromatic heterocycles. The first-order chi connectivity index (χ1) is 34.7. The van der Waals surface area contributed by atoms with E-state index in [-0.39, 0.29) is 32.9 Å². The summed E-state index contributed by atoms with van der Waals surface area (Å²) in [5.74, 6) is 0. The third-order valence-electron chi connectivity index (χ3n) is 7.84. The minimum atomic E-state index is -1.06. The third kappa shape index (κ3) is 4.44. The number of rotatable bonds is 5. The van der Waals surface area contributed by atoms with Crippen molar-refractivity contribution in [3.05, 3.63) is 175 Å². The highest BCUT2D eigenvalue weighted by molar-refractivity contribution is 6.22. The minimum Gasteiger partial charge on any atom is -0.456 e. The Morgan fingerprint density at radius 2 is 1.22 bits per heavy atom. The summed E-state index contributed by atoms with van der Waals surface area (Å²) in [5, 5.41) is -2.35. The summed E-state index contributed by atoms with van der Waals surface area (Å²) >= 11 is 0. The van der Waals surface area contributed by atoms with Gasteiger partial charge in [-0.25, -0.2) is 0 Å². The molecule has 0 unspecified atom stereocenters. The summed E-state index contributed by atoms with van der Waals surface area (Å²) in [5.41, 5.74) is -6.46. The highest BCUT2D eigenvalue weighted by Crippen LogP contribution is 2.45. The van der Waals surface area contributed by atoms with Gasteiger partial charge >= 0.3 is 0 Å². The second-order valence-electron chi connectivity index (χ2n) is 10.6. The van der Waals surface area contributed by atoms with Crippen molar-refractivity contribution < 1.29 is 43.1 Å². The largest absolute Gasteiger partial charge is 0.456 e. The van der Waals surface area contributed by atoms with E-state index in [9.17, 15) is 12.3 Å². The zero-order valence-corrected chi connectivity index (χ0v) is 24.6. The van der Waals surface area contributed by atoms with Gasteiger partial charge in [-0.3, -0.25) is 0 Å².